The van der Waals surface area contributed by atoms with Gasteiger partial charge in [0.2, 0.25) is 0 Å². The molecule has 0 bridgehead atoms. The average Bonchev–Trinajstić information content (AvgIpc) is 2.83. The highest BCUT2D eigenvalue weighted by Crippen LogP contribution is 2.40. The molecule has 1 saturated carbocycles. The lowest BCUT2D eigenvalue weighted by Gasteiger charge is -2.40. The smallest absolute Gasteiger partial charge is 0.346 e. The largest absolute Gasteiger partial charge is 0.385 e. The monoisotopic (exact) mass is 237 g/mol. The van der Waals surface area contributed by atoms with Gasteiger partial charge in [0.05, 0.1) is 0 Å². The van der Waals surface area contributed by atoms with Gasteiger partial charge in [0.25, 0.3) is 0 Å². The molecule has 17 heavy (non-hydrogen) atoms. The van der Waals surface area contributed by atoms with Crippen LogP contribution < -0.4 is 5.73 Å². The third kappa shape index (κ3) is 1.94. The van der Waals surface area contributed by atoms with Crippen LogP contribution in [0.1, 0.15) is 46.5 Å². The molecule has 2 aliphatic rings. The fraction of sp³-hybridized carbons (Fsp3) is 0.846. The Balaban J connectivity index is 2.26. The molecule has 0 saturated heterocycles. The van der Waals surface area contributed by atoms with Crippen LogP contribution in [0.25, 0.3) is 0 Å². The molecule has 2 amide bonds. The third-order valence-corrected chi connectivity index (χ3v) is 4.22. The highest BCUT2D eigenvalue weighted by Gasteiger charge is 2.50. The van der Waals surface area contributed by atoms with E-state index in [-0.39, 0.29) is 11.6 Å². The number of amidine groups is 1. The number of nitrogens with two attached hydrogens (primary N) is 1. The van der Waals surface area contributed by atoms with Crippen LogP contribution in [0.5, 0.6) is 0 Å². The van der Waals surface area contributed by atoms with Crippen molar-refractivity contribution in [1.29, 1.82) is 0 Å². The lowest BCUT2D eigenvalue weighted by Crippen LogP contribution is -2.57. The van der Waals surface area contributed by atoms with Gasteiger partial charge in [-0.25, -0.2) is 4.79 Å². The van der Waals surface area contributed by atoms with Gasteiger partial charge in [0, 0.05) is 6.54 Å². The minimum Gasteiger partial charge on any atom is -0.385 e. The molecule has 1 atom stereocenters. The van der Waals surface area contributed by atoms with Gasteiger partial charge in [-0.2, -0.15) is 4.99 Å². The third-order valence-electron chi connectivity index (χ3n) is 4.22. The topological polar surface area (TPSA) is 58.7 Å². The standard InChI is InChI=1S/C13H23N3O/c1-9(2)8-16-12(17)15-11(14)13(16,3)10-6-4-5-7-10/h9-10H,4-8H2,1-3H3,(H2,14,15,17). The Bertz CT molecular complexity index is 345. The van der Waals surface area contributed by atoms with Gasteiger partial charge in [-0.1, -0.05) is 26.7 Å². The molecule has 1 aliphatic carbocycles. The summed E-state index contributed by atoms with van der Waals surface area (Å²) in [5.41, 5.74) is 5.70. The SMILES string of the molecule is CC(C)CN1C(=O)N=C(N)C1(C)C1CCCC1. The normalized spacial score (nSPS) is 30.5. The van der Waals surface area contributed by atoms with Crippen molar-refractivity contribution in [2.75, 3.05) is 6.54 Å². The summed E-state index contributed by atoms with van der Waals surface area (Å²) in [5.74, 6) is 1.45. The molecule has 4 heteroatoms. The van der Waals surface area contributed by atoms with E-state index < -0.39 is 0 Å². The Labute approximate surface area is 103 Å². The maximum absolute atomic E-state index is 12.0. The molecule has 2 rings (SSSR count). The molecule has 0 aromatic carbocycles. The summed E-state index contributed by atoms with van der Waals surface area (Å²) < 4.78 is 0. The molecular weight excluding hydrogens is 214 g/mol. The molecule has 0 aromatic rings. The first-order valence-corrected chi connectivity index (χ1v) is 6.62. The van der Waals surface area contributed by atoms with Gasteiger partial charge in [0.15, 0.2) is 0 Å². The number of hydrogen-bond acceptors (Lipinski definition) is 2. The van der Waals surface area contributed by atoms with Crippen molar-refractivity contribution in [3.63, 3.8) is 0 Å². The Hall–Kier alpha value is -1.06. The molecule has 0 spiro atoms. The second-order valence-corrected chi connectivity index (χ2v) is 5.91. The molecule has 1 heterocycles. The Morgan fingerprint density at radius 3 is 2.59 bits per heavy atom. The van der Waals surface area contributed by atoms with Crippen LogP contribution in [0.4, 0.5) is 4.79 Å². The van der Waals surface area contributed by atoms with Gasteiger partial charge < -0.3 is 10.6 Å². The number of nitrogens with zero attached hydrogens (tertiary/aromatic N) is 2. The van der Waals surface area contributed by atoms with E-state index in [1.54, 1.807) is 0 Å². The van der Waals surface area contributed by atoms with Crippen molar-refractivity contribution >= 4 is 11.9 Å². The number of carbonyl (C=O) groups excluding carboxylic acids is 1. The van der Waals surface area contributed by atoms with E-state index in [1.165, 1.54) is 12.8 Å². The van der Waals surface area contributed by atoms with E-state index in [1.807, 2.05) is 4.90 Å². The first kappa shape index (κ1) is 12.4. The lowest BCUT2D eigenvalue weighted by molar-refractivity contribution is 0.132. The summed E-state index contributed by atoms with van der Waals surface area (Å²) in [5, 5.41) is 0. The summed E-state index contributed by atoms with van der Waals surface area (Å²) >= 11 is 0. The zero-order valence-corrected chi connectivity index (χ0v) is 11.1. The predicted octanol–water partition coefficient (Wildman–Crippen LogP) is 2.38. The second kappa shape index (κ2) is 4.31. The highest BCUT2D eigenvalue weighted by molar-refractivity contribution is 6.05. The van der Waals surface area contributed by atoms with E-state index in [4.69, 9.17) is 5.73 Å². The Morgan fingerprint density at radius 1 is 1.47 bits per heavy atom. The van der Waals surface area contributed by atoms with Gasteiger partial charge in [-0.05, 0) is 31.6 Å². The first-order valence-electron chi connectivity index (χ1n) is 6.62. The van der Waals surface area contributed by atoms with Gasteiger partial charge in [0.1, 0.15) is 11.4 Å². The minimum atomic E-state index is -0.335. The van der Waals surface area contributed by atoms with Gasteiger partial charge in [-0.15, -0.1) is 0 Å². The van der Waals surface area contributed by atoms with E-state index in [2.05, 4.69) is 25.8 Å². The van der Waals surface area contributed by atoms with Crippen molar-refractivity contribution in [3.05, 3.63) is 0 Å². The summed E-state index contributed by atoms with van der Waals surface area (Å²) in [4.78, 5) is 17.8. The van der Waals surface area contributed by atoms with Crippen molar-refractivity contribution in [2.45, 2.75) is 52.0 Å². The number of hydrogen-bond donors (Lipinski definition) is 1. The lowest BCUT2D eigenvalue weighted by atomic mass is 9.82. The zero-order valence-electron chi connectivity index (χ0n) is 11.1. The van der Waals surface area contributed by atoms with Crippen LogP contribution in [-0.4, -0.2) is 28.9 Å². The van der Waals surface area contributed by atoms with Gasteiger partial charge in [-0.3, -0.25) is 0 Å². The number of amides is 2. The summed E-state index contributed by atoms with van der Waals surface area (Å²) in [6, 6.07) is -0.148. The summed E-state index contributed by atoms with van der Waals surface area (Å²) in [6.45, 7) is 7.08. The van der Waals surface area contributed by atoms with Crippen molar-refractivity contribution in [3.8, 4) is 0 Å². The molecular formula is C13H23N3O. The molecule has 0 radical (unpaired) electrons. The van der Waals surface area contributed by atoms with Crippen LogP contribution in [-0.2, 0) is 0 Å². The quantitative estimate of drug-likeness (QED) is 0.819. The fourth-order valence-electron chi connectivity index (χ4n) is 3.16. The van der Waals surface area contributed by atoms with Crippen LogP contribution >= 0.6 is 0 Å². The highest BCUT2D eigenvalue weighted by atomic mass is 16.2. The molecule has 2 N–H and O–H groups in total. The first-order chi connectivity index (χ1) is 7.96. The van der Waals surface area contributed by atoms with Crippen LogP contribution in [0.3, 0.4) is 0 Å². The van der Waals surface area contributed by atoms with E-state index in [0.717, 1.165) is 19.4 Å². The maximum atomic E-state index is 12.0. The number of urea groups is 1. The fourth-order valence-corrected chi connectivity index (χ4v) is 3.16. The predicted molar refractivity (Wildman–Crippen MR) is 68.9 cm³/mol. The molecule has 0 aromatic heterocycles. The number of rotatable bonds is 3. The maximum Gasteiger partial charge on any atom is 0.346 e. The van der Waals surface area contributed by atoms with E-state index >= 15 is 0 Å². The van der Waals surface area contributed by atoms with Crippen molar-refractivity contribution in [2.24, 2.45) is 22.6 Å². The Morgan fingerprint density at radius 2 is 2.06 bits per heavy atom. The second-order valence-electron chi connectivity index (χ2n) is 5.91. The average molecular weight is 237 g/mol. The van der Waals surface area contributed by atoms with E-state index in [0.29, 0.717) is 17.7 Å². The number of aliphatic imine (C=N–C) groups is 1. The Kier molecular flexibility index (Phi) is 3.15. The minimum absolute atomic E-state index is 0.148. The molecule has 96 valence electrons. The van der Waals surface area contributed by atoms with Crippen LogP contribution in [0.2, 0.25) is 0 Å². The van der Waals surface area contributed by atoms with Gasteiger partial charge >= 0.3 is 6.03 Å². The molecule has 4 nitrogen and oxygen atoms in total. The zero-order chi connectivity index (χ0) is 12.6. The molecule has 1 aliphatic heterocycles. The summed E-state index contributed by atoms with van der Waals surface area (Å²) in [7, 11) is 0. The summed E-state index contributed by atoms with van der Waals surface area (Å²) in [6.07, 6.45) is 4.82. The van der Waals surface area contributed by atoms with Crippen LogP contribution in [0.15, 0.2) is 4.99 Å². The number of carbonyl (C=O) groups is 1. The van der Waals surface area contributed by atoms with Crippen molar-refractivity contribution in [1.82, 2.24) is 4.90 Å². The van der Waals surface area contributed by atoms with Crippen LogP contribution in [0, 0.1) is 11.8 Å². The molecule has 1 unspecified atom stereocenters. The molecule has 1 fully saturated rings. The van der Waals surface area contributed by atoms with Crippen molar-refractivity contribution < 1.29 is 4.79 Å². The van der Waals surface area contributed by atoms with E-state index in [9.17, 15) is 4.79 Å².